The molecule has 0 bridgehead atoms. The highest BCUT2D eigenvalue weighted by Gasteiger charge is 2.13. The molecule has 2 amide bonds. The van der Waals surface area contributed by atoms with Gasteiger partial charge < -0.3 is 20.1 Å². The number of ether oxygens (including phenoxy) is 2. The van der Waals surface area contributed by atoms with Gasteiger partial charge in [0.2, 0.25) is 0 Å². The number of anilines is 2. The largest absolute Gasteiger partial charge is 0.494 e. The van der Waals surface area contributed by atoms with E-state index in [1.165, 1.54) is 24.5 Å². The Morgan fingerprint density at radius 2 is 1.86 bits per heavy atom. The summed E-state index contributed by atoms with van der Waals surface area (Å²) in [5.74, 6) is 0.154. The van der Waals surface area contributed by atoms with Crippen molar-refractivity contribution in [1.82, 2.24) is 0 Å². The van der Waals surface area contributed by atoms with Crippen molar-refractivity contribution in [3.63, 3.8) is 0 Å². The van der Waals surface area contributed by atoms with Gasteiger partial charge in [0, 0.05) is 16.8 Å². The number of halogens is 2. The van der Waals surface area contributed by atoms with Crippen LogP contribution in [0.4, 0.5) is 11.4 Å². The molecule has 0 saturated heterocycles. The van der Waals surface area contributed by atoms with Crippen molar-refractivity contribution in [2.24, 2.45) is 0 Å². The van der Waals surface area contributed by atoms with Crippen LogP contribution in [0.1, 0.15) is 9.67 Å². The number of methoxy groups -OCH3 is 1. The van der Waals surface area contributed by atoms with Crippen LogP contribution < -0.4 is 20.1 Å². The molecule has 2 aromatic carbocycles. The van der Waals surface area contributed by atoms with Crippen molar-refractivity contribution < 1.29 is 19.1 Å². The third-order valence-corrected chi connectivity index (χ3v) is 5.13. The minimum atomic E-state index is -0.381. The van der Waals surface area contributed by atoms with Gasteiger partial charge in [-0.15, -0.1) is 11.3 Å². The third-order valence-electron chi connectivity index (χ3n) is 3.73. The molecule has 0 atom stereocenters. The van der Waals surface area contributed by atoms with Gasteiger partial charge in [-0.2, -0.15) is 0 Å². The van der Waals surface area contributed by atoms with Gasteiger partial charge in [-0.05, 0) is 41.8 Å². The van der Waals surface area contributed by atoms with Crippen molar-refractivity contribution in [1.29, 1.82) is 0 Å². The maximum absolute atomic E-state index is 12.2. The van der Waals surface area contributed by atoms with E-state index < -0.39 is 0 Å². The van der Waals surface area contributed by atoms with Gasteiger partial charge >= 0.3 is 0 Å². The van der Waals surface area contributed by atoms with Gasteiger partial charge in [-0.25, -0.2) is 0 Å². The van der Waals surface area contributed by atoms with Gasteiger partial charge in [-0.1, -0.05) is 29.3 Å². The number of hydrogen-bond acceptors (Lipinski definition) is 5. The SMILES string of the molecule is COc1cc(NC(=O)COc2ccc(Cl)cc2Cl)ccc1NC(=O)c1cccs1. The molecule has 0 unspecified atom stereocenters. The topological polar surface area (TPSA) is 76.7 Å². The lowest BCUT2D eigenvalue weighted by Gasteiger charge is -2.13. The standard InChI is InChI=1S/C20H16Cl2N2O4S/c1-27-17-10-13(5-6-15(17)24-20(26)18-3-2-8-29-18)23-19(25)11-28-16-7-4-12(21)9-14(16)22/h2-10H,11H2,1H3,(H,23,25)(H,24,26). The number of thiophene rings is 1. The molecule has 3 aromatic rings. The van der Waals surface area contributed by atoms with Gasteiger partial charge in [-0.3, -0.25) is 9.59 Å². The first kappa shape index (κ1) is 21.0. The van der Waals surface area contributed by atoms with Gasteiger partial charge in [0.1, 0.15) is 11.5 Å². The summed E-state index contributed by atoms with van der Waals surface area (Å²) in [7, 11) is 1.48. The van der Waals surface area contributed by atoms with Crippen LogP contribution in [0.15, 0.2) is 53.9 Å². The molecule has 0 aliphatic rings. The first-order chi connectivity index (χ1) is 14.0. The molecule has 0 aliphatic carbocycles. The highest BCUT2D eigenvalue weighted by molar-refractivity contribution is 7.12. The van der Waals surface area contributed by atoms with Crippen LogP contribution >= 0.6 is 34.5 Å². The summed E-state index contributed by atoms with van der Waals surface area (Å²) < 4.78 is 10.7. The highest BCUT2D eigenvalue weighted by atomic mass is 35.5. The number of carbonyl (C=O) groups excluding carboxylic acids is 2. The number of rotatable bonds is 7. The number of carbonyl (C=O) groups is 2. The first-order valence-corrected chi connectivity index (χ1v) is 10.0. The summed E-state index contributed by atoms with van der Waals surface area (Å²) in [6.07, 6.45) is 0. The Hall–Kier alpha value is -2.74. The normalized spacial score (nSPS) is 10.3. The molecule has 2 N–H and O–H groups in total. The van der Waals surface area contributed by atoms with Crippen LogP contribution in [-0.4, -0.2) is 25.5 Å². The number of amides is 2. The van der Waals surface area contributed by atoms with Gasteiger partial charge in [0.25, 0.3) is 11.8 Å². The van der Waals surface area contributed by atoms with Crippen molar-refractivity contribution in [2.45, 2.75) is 0 Å². The first-order valence-electron chi connectivity index (χ1n) is 8.37. The fraction of sp³-hybridized carbons (Fsp3) is 0.100. The smallest absolute Gasteiger partial charge is 0.265 e. The van der Waals surface area contributed by atoms with Crippen molar-refractivity contribution in [3.05, 3.63) is 68.8 Å². The summed E-state index contributed by atoms with van der Waals surface area (Å²) in [4.78, 5) is 25.0. The Morgan fingerprint density at radius 3 is 2.55 bits per heavy atom. The van der Waals surface area contributed by atoms with E-state index in [1.807, 2.05) is 5.38 Å². The monoisotopic (exact) mass is 450 g/mol. The average Bonchev–Trinajstić information content (AvgIpc) is 3.23. The Balaban J connectivity index is 1.61. The van der Waals surface area contributed by atoms with Crippen LogP contribution in [-0.2, 0) is 4.79 Å². The third kappa shape index (κ3) is 5.63. The number of nitrogens with one attached hydrogen (secondary N) is 2. The molecular weight excluding hydrogens is 435 g/mol. The maximum atomic E-state index is 12.2. The molecule has 0 aliphatic heterocycles. The fourth-order valence-electron chi connectivity index (χ4n) is 2.40. The van der Waals surface area contributed by atoms with E-state index in [9.17, 15) is 9.59 Å². The van der Waals surface area contributed by atoms with E-state index >= 15 is 0 Å². The van der Waals surface area contributed by atoms with Crippen LogP contribution in [0.25, 0.3) is 0 Å². The van der Waals surface area contributed by atoms with Gasteiger partial charge in [0.15, 0.2) is 6.61 Å². The second-order valence-electron chi connectivity index (χ2n) is 5.76. The molecule has 0 spiro atoms. The second-order valence-corrected chi connectivity index (χ2v) is 7.55. The molecule has 0 saturated carbocycles. The average molecular weight is 451 g/mol. The lowest BCUT2D eigenvalue weighted by molar-refractivity contribution is -0.118. The predicted molar refractivity (Wildman–Crippen MR) is 116 cm³/mol. The van der Waals surface area contributed by atoms with E-state index in [-0.39, 0.29) is 18.4 Å². The molecule has 150 valence electrons. The Morgan fingerprint density at radius 1 is 1.03 bits per heavy atom. The lowest BCUT2D eigenvalue weighted by Crippen LogP contribution is -2.20. The lowest BCUT2D eigenvalue weighted by atomic mass is 10.2. The minimum Gasteiger partial charge on any atom is -0.494 e. The molecular formula is C20H16Cl2N2O4S. The van der Waals surface area contributed by atoms with Crippen molar-refractivity contribution in [3.8, 4) is 11.5 Å². The van der Waals surface area contributed by atoms with Crippen LogP contribution in [0.5, 0.6) is 11.5 Å². The van der Waals surface area contributed by atoms with Crippen molar-refractivity contribution in [2.75, 3.05) is 24.4 Å². The van der Waals surface area contributed by atoms with Crippen LogP contribution in [0.2, 0.25) is 10.0 Å². The van der Waals surface area contributed by atoms with E-state index in [1.54, 1.807) is 42.5 Å². The van der Waals surface area contributed by atoms with E-state index in [0.29, 0.717) is 37.8 Å². The van der Waals surface area contributed by atoms with E-state index in [2.05, 4.69) is 10.6 Å². The minimum absolute atomic E-state index is 0.233. The second kappa shape index (κ2) is 9.65. The van der Waals surface area contributed by atoms with E-state index in [0.717, 1.165) is 0 Å². The zero-order chi connectivity index (χ0) is 20.8. The summed E-state index contributed by atoms with van der Waals surface area (Å²) in [5.41, 5.74) is 0.986. The zero-order valence-electron chi connectivity index (χ0n) is 15.2. The Kier molecular flexibility index (Phi) is 6.98. The summed E-state index contributed by atoms with van der Waals surface area (Å²) in [6.45, 7) is -0.236. The van der Waals surface area contributed by atoms with Crippen LogP contribution in [0.3, 0.4) is 0 Å². The zero-order valence-corrected chi connectivity index (χ0v) is 17.5. The molecule has 1 heterocycles. The molecule has 6 nitrogen and oxygen atoms in total. The molecule has 1 aromatic heterocycles. The van der Waals surface area contributed by atoms with Gasteiger partial charge in [0.05, 0.1) is 22.7 Å². The Bertz CT molecular complexity index is 1030. The maximum Gasteiger partial charge on any atom is 0.265 e. The molecule has 3 rings (SSSR count). The fourth-order valence-corrected chi connectivity index (χ4v) is 3.48. The number of hydrogen-bond donors (Lipinski definition) is 2. The van der Waals surface area contributed by atoms with E-state index in [4.69, 9.17) is 32.7 Å². The molecule has 0 fully saturated rings. The molecule has 29 heavy (non-hydrogen) atoms. The highest BCUT2D eigenvalue weighted by Crippen LogP contribution is 2.29. The summed E-state index contributed by atoms with van der Waals surface area (Å²) in [6, 6.07) is 13.2. The summed E-state index contributed by atoms with van der Waals surface area (Å²) >= 11 is 13.2. The van der Waals surface area contributed by atoms with Crippen LogP contribution in [0, 0.1) is 0 Å². The van der Waals surface area contributed by atoms with Crippen molar-refractivity contribution >= 4 is 57.7 Å². The Labute approximate surface area is 181 Å². The molecule has 0 radical (unpaired) electrons. The number of benzene rings is 2. The predicted octanol–water partition coefficient (Wildman–Crippen LogP) is 5.33. The summed E-state index contributed by atoms with van der Waals surface area (Å²) in [5, 5.41) is 8.11. The quantitative estimate of drug-likeness (QED) is 0.509. The molecule has 9 heteroatoms.